The summed E-state index contributed by atoms with van der Waals surface area (Å²) in [5, 5.41) is 5.86. The number of nitrogens with zero attached hydrogens (tertiary/aromatic N) is 2. The third kappa shape index (κ3) is 71.4. The van der Waals surface area contributed by atoms with Gasteiger partial charge in [-0.2, -0.15) is 0 Å². The van der Waals surface area contributed by atoms with Gasteiger partial charge in [-0.3, -0.25) is 19.2 Å². The van der Waals surface area contributed by atoms with Gasteiger partial charge in [-0.25, -0.2) is 9.59 Å². The van der Waals surface area contributed by atoms with Crippen molar-refractivity contribution in [3.8, 4) is 0 Å². The van der Waals surface area contributed by atoms with Crippen LogP contribution in [0.3, 0.4) is 0 Å². The predicted molar refractivity (Wildman–Crippen MR) is 490 cm³/mol. The predicted octanol–water partition coefficient (Wildman–Crippen LogP) is 24.6. The van der Waals surface area contributed by atoms with E-state index in [-0.39, 0.29) is 64.4 Å². The fourth-order valence-electron chi connectivity index (χ4n) is 15.3. The highest BCUT2D eigenvalue weighted by Crippen LogP contribution is 2.33. The summed E-state index contributed by atoms with van der Waals surface area (Å²) in [7, 11) is 0. The van der Waals surface area contributed by atoms with Crippen molar-refractivity contribution in [3.05, 3.63) is 48.6 Å². The van der Waals surface area contributed by atoms with Gasteiger partial charge in [0.15, 0.2) is 12.6 Å². The van der Waals surface area contributed by atoms with Crippen LogP contribution in [0.25, 0.3) is 0 Å². The van der Waals surface area contributed by atoms with Gasteiger partial charge in [0.2, 0.25) is 0 Å². The average molecular weight is 1700 g/mol. The van der Waals surface area contributed by atoms with Gasteiger partial charge >= 0.3 is 36.1 Å². The molecule has 2 N–H and O–H groups in total. The van der Waals surface area contributed by atoms with E-state index >= 15 is 0 Å². The van der Waals surface area contributed by atoms with Gasteiger partial charge in [-0.15, -0.1) is 0 Å². The number of carbonyl (C=O) groups is 6. The number of unbranched alkanes of at least 4 members (excludes halogenated alkanes) is 36. The second-order valence-electron chi connectivity index (χ2n) is 34.3. The molecule has 0 aromatic rings. The minimum absolute atomic E-state index is 0.0357. The van der Waals surface area contributed by atoms with E-state index in [0.29, 0.717) is 90.1 Å². The van der Waals surface area contributed by atoms with Gasteiger partial charge in [0, 0.05) is 78.3 Å². The topological polar surface area (TPSA) is 225 Å². The van der Waals surface area contributed by atoms with E-state index in [9.17, 15) is 28.8 Å². The first-order chi connectivity index (χ1) is 58.9. The molecule has 2 heterocycles. The summed E-state index contributed by atoms with van der Waals surface area (Å²) < 4.78 is 59.3. The lowest BCUT2D eigenvalue weighted by atomic mass is 9.79. The Hall–Kier alpha value is -4.86. The molecule has 0 spiro atoms. The number of hydrogen-bond donors (Lipinski definition) is 2. The highest BCUT2D eigenvalue weighted by molar-refractivity contribution is 5.71. The van der Waals surface area contributed by atoms with Crippen LogP contribution in [-0.4, -0.2) is 177 Å². The van der Waals surface area contributed by atoms with Crippen LogP contribution in [-0.2, 0) is 66.5 Å². The van der Waals surface area contributed by atoms with E-state index < -0.39 is 48.5 Å². The third-order valence-corrected chi connectivity index (χ3v) is 23.2. The summed E-state index contributed by atoms with van der Waals surface area (Å²) in [5.74, 6) is -1.27. The third-order valence-electron chi connectivity index (χ3n) is 23.2. The molecule has 2 fully saturated rings. The Balaban J connectivity index is 1.89. The number of amides is 2. The van der Waals surface area contributed by atoms with Gasteiger partial charge in [-0.05, 0) is 166 Å². The fourth-order valence-corrected chi connectivity index (χ4v) is 15.3. The number of alkyl carbamates (subject to hydrolysis) is 2. The van der Waals surface area contributed by atoms with E-state index in [1.165, 1.54) is 154 Å². The molecule has 2 rings (SSSR count). The molecule has 0 saturated carbocycles. The molecule has 2 saturated heterocycles. The van der Waals surface area contributed by atoms with Crippen LogP contribution < -0.4 is 10.6 Å². The highest BCUT2D eigenvalue weighted by Gasteiger charge is 2.30. The zero-order valence-corrected chi connectivity index (χ0v) is 77.8. The molecule has 2 atom stereocenters. The first-order valence-corrected chi connectivity index (χ1v) is 49.9. The number of esters is 4. The van der Waals surface area contributed by atoms with E-state index in [1.807, 2.05) is 0 Å². The number of rotatable bonds is 85. The number of carbonyl (C=O) groups excluding carboxylic acids is 6. The van der Waals surface area contributed by atoms with Crippen molar-refractivity contribution in [3.63, 3.8) is 0 Å². The molecule has 2 aliphatic heterocycles. The lowest BCUT2D eigenvalue weighted by Crippen LogP contribution is -2.44. The average Bonchev–Trinajstić information content (AvgIpc) is 0.853. The zero-order valence-electron chi connectivity index (χ0n) is 77.8. The highest BCUT2D eigenvalue weighted by atomic mass is 16.7. The van der Waals surface area contributed by atoms with Crippen LogP contribution in [0.1, 0.15) is 401 Å². The summed E-state index contributed by atoms with van der Waals surface area (Å²) in [6.07, 6.45) is 73.8. The Morgan fingerprint density at radius 1 is 0.292 bits per heavy atom. The quantitative estimate of drug-likeness (QED) is 0.0190. The Bertz CT molecular complexity index is 2280. The fraction of sp³-hybridized carbons (Fsp3) is 0.860. The van der Waals surface area contributed by atoms with Crippen LogP contribution in [0.5, 0.6) is 0 Å². The minimum atomic E-state index is -0.564. The summed E-state index contributed by atoms with van der Waals surface area (Å²) >= 11 is 0. The van der Waals surface area contributed by atoms with Crippen LogP contribution in [0.2, 0.25) is 0 Å². The summed E-state index contributed by atoms with van der Waals surface area (Å²) in [6, 6.07) is 0. The van der Waals surface area contributed by atoms with Gasteiger partial charge in [0.25, 0.3) is 0 Å². The van der Waals surface area contributed by atoms with Crippen molar-refractivity contribution < 1.29 is 76.1 Å². The molecule has 120 heavy (non-hydrogen) atoms. The molecule has 20 nitrogen and oxygen atoms in total. The number of nitrogens with one attached hydrogen (secondary N) is 2. The molecule has 0 aromatic heterocycles. The van der Waals surface area contributed by atoms with Crippen LogP contribution >= 0.6 is 0 Å². The molecule has 698 valence electrons. The number of piperidine rings is 2. The maximum Gasteiger partial charge on any atom is 0.407 e. The lowest BCUT2D eigenvalue weighted by Gasteiger charge is -2.40. The van der Waals surface area contributed by atoms with Gasteiger partial charge in [0.05, 0.1) is 24.7 Å². The molecule has 20 heteroatoms. The Morgan fingerprint density at radius 3 is 0.833 bits per heavy atom. The first kappa shape index (κ1) is 111. The molecule has 0 bridgehead atoms. The minimum Gasteiger partial charge on any atom is -0.465 e. The van der Waals surface area contributed by atoms with Gasteiger partial charge < -0.3 is 67.8 Å². The van der Waals surface area contributed by atoms with Crippen molar-refractivity contribution in [1.82, 2.24) is 20.4 Å². The van der Waals surface area contributed by atoms with Gasteiger partial charge in [0.1, 0.15) is 39.6 Å². The molecule has 2 unspecified atom stereocenters. The van der Waals surface area contributed by atoms with Crippen molar-refractivity contribution in [2.75, 3.05) is 118 Å². The van der Waals surface area contributed by atoms with E-state index in [2.05, 4.69) is 111 Å². The standard InChI is InChI=1S/C100H182N4O16/c1-7-13-19-25-31-33-35-37-39-41-43-45-47-49-55-61-93(105)115-83-89(85-117-95(107)63-65-97(111-79-57-51-27-21-15-9-3)112-80-58-52-28-22-16-10-4)87-119-99(109)101-71-77-103-73-67-91(68-74-103)92-69-75-104(76-70-92)78-72-102-100(110)120-88-90(84-116-94(106)62-56-50-48-46-44-42-40-38-36-34-32-26-20-14-8-2)86-118-96(108)64-66-98(113-81-59-53-29-23-17-11-5)114-82-60-54-30-24-18-12-6/h31-34,37-40,89-92,97-98H,7-30,35-36,41-88H2,1-6H3,(H,101,109)(H,102,110)/b33-31-,34-32-,39-37-,40-38-. The second-order valence-corrected chi connectivity index (χ2v) is 34.3. The Morgan fingerprint density at radius 2 is 0.533 bits per heavy atom. The van der Waals surface area contributed by atoms with E-state index in [4.69, 9.17) is 47.4 Å². The number of ether oxygens (including phenoxy) is 10. The number of allylic oxidation sites excluding steroid dienone is 8. The maximum atomic E-state index is 13.3. The molecule has 0 aromatic carbocycles. The second kappa shape index (κ2) is 85.0. The smallest absolute Gasteiger partial charge is 0.407 e. The van der Waals surface area contributed by atoms with Gasteiger partial charge in [-0.1, -0.05) is 283 Å². The normalized spacial score (nSPS) is 14.5. The molecule has 2 aliphatic rings. The molecular formula is C100H182N4O16. The van der Waals surface area contributed by atoms with E-state index in [1.54, 1.807) is 0 Å². The zero-order chi connectivity index (χ0) is 86.6. The molecular weight excluding hydrogens is 1510 g/mol. The maximum absolute atomic E-state index is 13.3. The van der Waals surface area contributed by atoms with Crippen LogP contribution in [0, 0.1) is 23.7 Å². The number of hydrogen-bond acceptors (Lipinski definition) is 18. The summed E-state index contributed by atoms with van der Waals surface area (Å²) in [4.78, 5) is 84.0. The first-order valence-electron chi connectivity index (χ1n) is 49.9. The van der Waals surface area contributed by atoms with Crippen LogP contribution in [0.15, 0.2) is 48.6 Å². The molecule has 0 radical (unpaired) electrons. The van der Waals surface area contributed by atoms with Crippen molar-refractivity contribution >= 4 is 36.1 Å². The summed E-state index contributed by atoms with van der Waals surface area (Å²) in [5.41, 5.74) is 0. The summed E-state index contributed by atoms with van der Waals surface area (Å²) in [6.45, 7) is 21.4. The monoisotopic (exact) mass is 1700 g/mol. The SMILES string of the molecule is CCCCC/C=C\C/C=C\CCCCCCCC(=O)OCC(COC(=O)CCC(OCCCCCCCC)OCCCCCCCC)COC(=O)NCCN1CCC(C2CCN(CCNC(=O)OCC(COC(=O)CCCCCCC/C=C\C/C=C\CCCCC)COC(=O)CCC(OCCCCCCCC)OCCCCCCCC)CC2)CC1. The lowest BCUT2D eigenvalue weighted by molar-refractivity contribution is -0.161. The van der Waals surface area contributed by atoms with Crippen molar-refractivity contribution in [1.29, 1.82) is 0 Å². The largest absolute Gasteiger partial charge is 0.465 e. The molecule has 0 aliphatic carbocycles. The van der Waals surface area contributed by atoms with Crippen molar-refractivity contribution in [2.24, 2.45) is 23.7 Å². The van der Waals surface area contributed by atoms with Crippen LogP contribution in [0.4, 0.5) is 9.59 Å². The van der Waals surface area contributed by atoms with Crippen molar-refractivity contribution in [2.45, 2.75) is 414 Å². The number of likely N-dealkylation sites (tertiary alicyclic amines) is 2. The Kier molecular flexibility index (Phi) is 78.7. The van der Waals surface area contributed by atoms with E-state index in [0.717, 1.165) is 193 Å². The Labute approximate surface area is 733 Å². The molecule has 2 amide bonds.